The molecule has 11 heavy (non-hydrogen) atoms. The summed E-state index contributed by atoms with van der Waals surface area (Å²) in [6, 6.07) is 0. The van der Waals surface area contributed by atoms with Crippen LogP contribution >= 0.6 is 11.6 Å². The fourth-order valence-electron chi connectivity index (χ4n) is 0.728. The van der Waals surface area contributed by atoms with E-state index in [-0.39, 0.29) is 11.9 Å². The predicted molar refractivity (Wildman–Crippen MR) is 46.0 cm³/mol. The second-order valence-corrected chi connectivity index (χ2v) is 2.87. The molecule has 0 saturated heterocycles. The Labute approximate surface area is 72.9 Å². The number of carbonyl (C=O) groups excluding carboxylic acids is 1. The number of halogens is 1. The topological polar surface area (TPSA) is 26.3 Å². The van der Waals surface area contributed by atoms with Gasteiger partial charge in [0, 0.05) is 19.4 Å². The number of hydrogen-bond donors (Lipinski definition) is 0. The van der Waals surface area contributed by atoms with Gasteiger partial charge in [-0.1, -0.05) is 0 Å². The molecule has 0 aliphatic heterocycles. The second-order valence-electron chi connectivity index (χ2n) is 2.49. The largest absolute Gasteiger partial charge is 0.374 e. The Bertz CT molecular complexity index is 115. The summed E-state index contributed by atoms with van der Waals surface area (Å²) in [6.45, 7) is 1.77. The van der Waals surface area contributed by atoms with Crippen molar-refractivity contribution in [2.75, 3.05) is 13.0 Å². The van der Waals surface area contributed by atoms with E-state index in [1.165, 1.54) is 0 Å². The van der Waals surface area contributed by atoms with Gasteiger partial charge in [-0.25, -0.2) is 0 Å². The summed E-state index contributed by atoms with van der Waals surface area (Å²) in [6.07, 6.45) is 2.10. The van der Waals surface area contributed by atoms with Crippen molar-refractivity contribution in [3.63, 3.8) is 0 Å². The first-order valence-corrected chi connectivity index (χ1v) is 4.37. The maximum absolute atomic E-state index is 11.1. The molecule has 0 saturated carbocycles. The van der Waals surface area contributed by atoms with Crippen molar-refractivity contribution in [2.45, 2.75) is 32.3 Å². The van der Waals surface area contributed by atoms with Crippen LogP contribution in [-0.2, 0) is 9.53 Å². The maximum atomic E-state index is 11.1. The van der Waals surface area contributed by atoms with Crippen LogP contribution in [0.3, 0.4) is 0 Å². The molecule has 0 aromatic carbocycles. The van der Waals surface area contributed by atoms with Gasteiger partial charge in [0.25, 0.3) is 0 Å². The molecule has 1 atom stereocenters. The van der Waals surface area contributed by atoms with Gasteiger partial charge in [0.1, 0.15) is 6.10 Å². The third-order valence-corrected chi connectivity index (χ3v) is 1.88. The van der Waals surface area contributed by atoms with Gasteiger partial charge in [-0.15, -0.1) is 11.6 Å². The third-order valence-electron chi connectivity index (χ3n) is 1.61. The quantitative estimate of drug-likeness (QED) is 0.460. The minimum atomic E-state index is -0.259. The van der Waals surface area contributed by atoms with Crippen molar-refractivity contribution >= 4 is 17.4 Å². The Balaban J connectivity index is 3.36. The zero-order chi connectivity index (χ0) is 8.69. The van der Waals surface area contributed by atoms with Crippen LogP contribution in [0.15, 0.2) is 0 Å². The number of unbranched alkanes of at least 4 members (excludes halogenated alkanes) is 1. The Morgan fingerprint density at radius 2 is 2.18 bits per heavy atom. The Hall–Kier alpha value is -0.0800. The minimum Gasteiger partial charge on any atom is -0.374 e. The molecule has 0 fully saturated rings. The van der Waals surface area contributed by atoms with E-state index in [9.17, 15) is 4.79 Å². The molecule has 0 bridgehead atoms. The smallest absolute Gasteiger partial charge is 0.161 e. The number of hydrogen-bond acceptors (Lipinski definition) is 2. The number of rotatable bonds is 6. The monoisotopic (exact) mass is 178 g/mol. The van der Waals surface area contributed by atoms with Crippen molar-refractivity contribution < 1.29 is 9.53 Å². The van der Waals surface area contributed by atoms with E-state index < -0.39 is 0 Å². The van der Waals surface area contributed by atoms with Gasteiger partial charge in [-0.3, -0.25) is 4.79 Å². The van der Waals surface area contributed by atoms with Crippen LogP contribution < -0.4 is 0 Å². The van der Waals surface area contributed by atoms with Gasteiger partial charge >= 0.3 is 0 Å². The van der Waals surface area contributed by atoms with Gasteiger partial charge in [-0.05, 0) is 19.8 Å². The van der Waals surface area contributed by atoms with Crippen LogP contribution in [0.25, 0.3) is 0 Å². The molecule has 0 amide bonds. The van der Waals surface area contributed by atoms with E-state index in [0.29, 0.717) is 12.3 Å². The Kier molecular flexibility index (Phi) is 6.57. The second kappa shape index (κ2) is 6.62. The molecule has 66 valence electrons. The molecular weight excluding hydrogens is 164 g/mol. The molecular formula is C8H15ClO2. The molecule has 0 aliphatic rings. The Morgan fingerprint density at radius 1 is 1.55 bits per heavy atom. The predicted octanol–water partition coefficient (Wildman–Crippen LogP) is 2.00. The molecule has 0 aromatic rings. The van der Waals surface area contributed by atoms with Crippen molar-refractivity contribution in [3.05, 3.63) is 0 Å². The van der Waals surface area contributed by atoms with E-state index >= 15 is 0 Å². The summed E-state index contributed by atoms with van der Waals surface area (Å²) < 4.78 is 4.86. The van der Waals surface area contributed by atoms with Gasteiger partial charge in [-0.2, -0.15) is 0 Å². The van der Waals surface area contributed by atoms with Gasteiger partial charge in [0.15, 0.2) is 5.78 Å². The average molecular weight is 179 g/mol. The molecule has 0 aliphatic carbocycles. The minimum absolute atomic E-state index is 0.164. The number of ketones is 1. The molecule has 0 aromatic heterocycles. The van der Waals surface area contributed by atoms with Gasteiger partial charge in [0.05, 0.1) is 0 Å². The number of methoxy groups -OCH3 is 1. The molecule has 1 unspecified atom stereocenters. The third kappa shape index (κ3) is 5.22. The van der Waals surface area contributed by atoms with Crippen LogP contribution in [0.5, 0.6) is 0 Å². The lowest BCUT2D eigenvalue weighted by molar-refractivity contribution is -0.127. The fourth-order valence-corrected chi connectivity index (χ4v) is 0.917. The highest BCUT2D eigenvalue weighted by atomic mass is 35.5. The van der Waals surface area contributed by atoms with Crippen molar-refractivity contribution in [3.8, 4) is 0 Å². The Morgan fingerprint density at radius 3 is 2.64 bits per heavy atom. The molecule has 3 heteroatoms. The van der Waals surface area contributed by atoms with Crippen LogP contribution in [-0.4, -0.2) is 24.9 Å². The molecule has 0 spiro atoms. The van der Waals surface area contributed by atoms with Crippen LogP contribution in [0, 0.1) is 0 Å². The highest BCUT2D eigenvalue weighted by Crippen LogP contribution is 2.02. The normalized spacial score (nSPS) is 13.0. The van der Waals surface area contributed by atoms with E-state index in [4.69, 9.17) is 16.3 Å². The first-order valence-electron chi connectivity index (χ1n) is 3.83. The zero-order valence-electron chi connectivity index (χ0n) is 7.10. The van der Waals surface area contributed by atoms with E-state index in [1.54, 1.807) is 14.0 Å². The first-order chi connectivity index (χ1) is 5.22. The van der Waals surface area contributed by atoms with Gasteiger partial charge < -0.3 is 4.74 Å². The molecule has 0 N–H and O–H groups in total. The molecule has 2 nitrogen and oxygen atoms in total. The first kappa shape index (κ1) is 10.9. The van der Waals surface area contributed by atoms with Gasteiger partial charge in [0.2, 0.25) is 0 Å². The summed E-state index contributed by atoms with van der Waals surface area (Å²) in [4.78, 5) is 11.1. The lowest BCUT2D eigenvalue weighted by atomic mass is 10.1. The van der Waals surface area contributed by atoms with Crippen molar-refractivity contribution in [1.82, 2.24) is 0 Å². The number of alkyl halides is 1. The van der Waals surface area contributed by atoms with Crippen LogP contribution in [0.2, 0.25) is 0 Å². The van der Waals surface area contributed by atoms with E-state index in [2.05, 4.69) is 0 Å². The highest BCUT2D eigenvalue weighted by molar-refractivity contribution is 6.17. The van der Waals surface area contributed by atoms with Crippen molar-refractivity contribution in [1.29, 1.82) is 0 Å². The molecule has 0 rings (SSSR count). The summed E-state index contributed by atoms with van der Waals surface area (Å²) in [5.74, 6) is 0.798. The van der Waals surface area contributed by atoms with Crippen molar-refractivity contribution in [2.24, 2.45) is 0 Å². The summed E-state index contributed by atoms with van der Waals surface area (Å²) in [7, 11) is 1.55. The number of Topliss-reactive ketones (excluding diaryl/α,β-unsaturated/α-hetero) is 1. The van der Waals surface area contributed by atoms with E-state index in [1.807, 2.05) is 0 Å². The number of carbonyl (C=O) groups is 1. The van der Waals surface area contributed by atoms with E-state index in [0.717, 1.165) is 12.8 Å². The maximum Gasteiger partial charge on any atom is 0.161 e. The van der Waals surface area contributed by atoms with Crippen LogP contribution in [0.1, 0.15) is 26.2 Å². The number of ether oxygens (including phenoxy) is 1. The molecule has 0 radical (unpaired) electrons. The fraction of sp³-hybridized carbons (Fsp3) is 0.875. The lowest BCUT2D eigenvalue weighted by Crippen LogP contribution is -2.18. The van der Waals surface area contributed by atoms with Crippen LogP contribution in [0.4, 0.5) is 0 Å². The summed E-state index contributed by atoms with van der Waals surface area (Å²) >= 11 is 5.46. The summed E-state index contributed by atoms with van der Waals surface area (Å²) in [5.41, 5.74) is 0. The SMILES string of the molecule is COC(C)C(=O)CCCCCl. The average Bonchev–Trinajstić information content (AvgIpc) is 2.03. The highest BCUT2D eigenvalue weighted by Gasteiger charge is 2.09. The summed E-state index contributed by atoms with van der Waals surface area (Å²) in [5, 5.41) is 0. The molecule has 0 heterocycles. The zero-order valence-corrected chi connectivity index (χ0v) is 7.86. The standard InChI is InChI=1S/C8H15ClO2/c1-7(11-2)8(10)5-3-4-6-9/h7H,3-6H2,1-2H3. The lowest BCUT2D eigenvalue weighted by Gasteiger charge is -2.06.